The standard InChI is InChI=1S/C18H28N2O3Si/c1-18(2,3)24(4,5)23-10-16-19-14-8-11-6-7-15(21)12(11)9-13(14)17(22)20-16/h9,11,15,21H,6-8,10H2,1-5H3,(H,19,20,22). The van der Waals surface area contributed by atoms with Gasteiger partial charge in [-0.25, -0.2) is 4.98 Å². The maximum Gasteiger partial charge on any atom is 0.258 e. The number of hydrogen-bond donors (Lipinski definition) is 2. The van der Waals surface area contributed by atoms with E-state index in [1.54, 1.807) is 0 Å². The van der Waals surface area contributed by atoms with Crippen molar-refractivity contribution in [2.24, 2.45) is 5.92 Å². The Morgan fingerprint density at radius 3 is 2.75 bits per heavy atom. The van der Waals surface area contributed by atoms with Crippen LogP contribution in [0.1, 0.15) is 50.7 Å². The van der Waals surface area contributed by atoms with Crippen LogP contribution < -0.4 is 5.56 Å². The van der Waals surface area contributed by atoms with E-state index in [-0.39, 0.29) is 10.6 Å². The van der Waals surface area contributed by atoms with E-state index >= 15 is 0 Å². The van der Waals surface area contributed by atoms with Crippen molar-refractivity contribution in [3.8, 4) is 0 Å². The number of nitrogens with one attached hydrogen (secondary N) is 1. The first kappa shape index (κ1) is 17.6. The fraction of sp³-hybridized carbons (Fsp3) is 0.667. The first-order chi connectivity index (χ1) is 11.1. The van der Waals surface area contributed by atoms with Gasteiger partial charge in [0, 0.05) is 0 Å². The molecule has 1 aromatic rings. The molecule has 0 saturated heterocycles. The lowest BCUT2D eigenvalue weighted by atomic mass is 9.88. The van der Waals surface area contributed by atoms with Gasteiger partial charge in [0.15, 0.2) is 8.32 Å². The van der Waals surface area contributed by atoms with E-state index < -0.39 is 14.4 Å². The second kappa shape index (κ2) is 5.93. The molecule has 1 aromatic heterocycles. The molecule has 2 aliphatic carbocycles. The van der Waals surface area contributed by atoms with E-state index in [1.807, 2.05) is 6.08 Å². The SMILES string of the molecule is CC(C)(C)[Si](C)(C)OCc1nc2c(c(=O)[nH]1)C=C1C(O)CCC1C2. The van der Waals surface area contributed by atoms with Crippen LogP contribution in [0.25, 0.3) is 6.08 Å². The molecule has 132 valence electrons. The molecule has 0 amide bonds. The summed E-state index contributed by atoms with van der Waals surface area (Å²) in [5.41, 5.74) is 2.33. The first-order valence-electron chi connectivity index (χ1n) is 8.74. The summed E-state index contributed by atoms with van der Waals surface area (Å²) in [7, 11) is -1.88. The fourth-order valence-corrected chi connectivity index (χ4v) is 4.15. The monoisotopic (exact) mass is 348 g/mol. The first-order valence-corrected chi connectivity index (χ1v) is 11.6. The van der Waals surface area contributed by atoms with Gasteiger partial charge in [-0.15, -0.1) is 0 Å². The molecule has 6 heteroatoms. The van der Waals surface area contributed by atoms with E-state index in [2.05, 4.69) is 43.8 Å². The predicted molar refractivity (Wildman–Crippen MR) is 97.3 cm³/mol. The van der Waals surface area contributed by atoms with Crippen LogP contribution in [0.5, 0.6) is 0 Å². The molecule has 2 atom stereocenters. The van der Waals surface area contributed by atoms with Gasteiger partial charge in [0.2, 0.25) is 0 Å². The van der Waals surface area contributed by atoms with Crippen LogP contribution in [0.3, 0.4) is 0 Å². The quantitative estimate of drug-likeness (QED) is 0.824. The number of nitrogens with zero attached hydrogens (tertiary/aromatic N) is 1. The summed E-state index contributed by atoms with van der Waals surface area (Å²) in [6.07, 6.45) is 3.95. The van der Waals surface area contributed by atoms with E-state index in [1.165, 1.54) is 0 Å². The van der Waals surface area contributed by atoms with Crippen molar-refractivity contribution in [1.82, 2.24) is 9.97 Å². The fourth-order valence-electron chi connectivity index (χ4n) is 3.22. The van der Waals surface area contributed by atoms with E-state index in [9.17, 15) is 9.90 Å². The largest absolute Gasteiger partial charge is 0.409 e. The third kappa shape index (κ3) is 3.14. The lowest BCUT2D eigenvalue weighted by Gasteiger charge is -2.36. The number of aromatic nitrogens is 2. The third-order valence-corrected chi connectivity index (χ3v) is 10.3. The second-order valence-corrected chi connectivity index (χ2v) is 13.4. The number of hydrogen-bond acceptors (Lipinski definition) is 4. The maximum absolute atomic E-state index is 12.4. The van der Waals surface area contributed by atoms with Gasteiger partial charge >= 0.3 is 0 Å². The van der Waals surface area contributed by atoms with Crippen molar-refractivity contribution in [1.29, 1.82) is 0 Å². The van der Waals surface area contributed by atoms with E-state index in [0.29, 0.717) is 23.9 Å². The topological polar surface area (TPSA) is 75.2 Å². The number of aliphatic hydroxyl groups excluding tert-OH is 1. The summed E-state index contributed by atoms with van der Waals surface area (Å²) in [6.45, 7) is 11.3. The molecule has 0 aliphatic heterocycles. The normalized spacial score (nSPS) is 23.7. The van der Waals surface area contributed by atoms with Gasteiger partial charge in [0.1, 0.15) is 5.82 Å². The Labute approximate surface area is 144 Å². The van der Waals surface area contributed by atoms with Crippen molar-refractivity contribution in [2.75, 3.05) is 0 Å². The highest BCUT2D eigenvalue weighted by Gasteiger charge is 2.37. The van der Waals surface area contributed by atoms with E-state index in [0.717, 1.165) is 30.5 Å². The lowest BCUT2D eigenvalue weighted by Crippen LogP contribution is -2.40. The van der Waals surface area contributed by atoms with Crippen molar-refractivity contribution < 1.29 is 9.53 Å². The third-order valence-electron chi connectivity index (χ3n) is 5.85. The molecule has 3 rings (SSSR count). The zero-order chi connectivity index (χ0) is 17.7. The average Bonchev–Trinajstić information content (AvgIpc) is 2.83. The van der Waals surface area contributed by atoms with Gasteiger partial charge in [-0.2, -0.15) is 0 Å². The molecule has 1 fully saturated rings. The highest BCUT2D eigenvalue weighted by atomic mass is 28.4. The van der Waals surface area contributed by atoms with Gasteiger partial charge in [-0.1, -0.05) is 20.8 Å². The van der Waals surface area contributed by atoms with Gasteiger partial charge in [0.05, 0.1) is 24.0 Å². The Balaban J connectivity index is 1.84. The molecule has 2 aliphatic rings. The van der Waals surface area contributed by atoms with Gasteiger partial charge in [-0.3, -0.25) is 4.79 Å². The Morgan fingerprint density at radius 1 is 1.38 bits per heavy atom. The summed E-state index contributed by atoms with van der Waals surface area (Å²) in [4.78, 5) is 20.0. The van der Waals surface area contributed by atoms with Crippen LogP contribution in [-0.4, -0.2) is 29.5 Å². The Morgan fingerprint density at radius 2 is 2.08 bits per heavy atom. The van der Waals surface area contributed by atoms with Crippen molar-refractivity contribution in [3.05, 3.63) is 33.0 Å². The molecular formula is C18H28N2O3Si. The molecule has 2 N–H and O–H groups in total. The number of fused-ring (bicyclic) bond motifs is 2. The smallest absolute Gasteiger partial charge is 0.258 e. The summed E-state index contributed by atoms with van der Waals surface area (Å²) >= 11 is 0. The number of aromatic amines is 1. The molecule has 2 unspecified atom stereocenters. The van der Waals surface area contributed by atoms with Gasteiger partial charge in [-0.05, 0) is 55.0 Å². The number of H-pyrrole nitrogens is 1. The number of rotatable bonds is 3. The summed E-state index contributed by atoms with van der Waals surface area (Å²) in [5, 5.41) is 10.2. The molecule has 0 aromatic carbocycles. The lowest BCUT2D eigenvalue weighted by molar-refractivity contribution is 0.218. The minimum atomic E-state index is -1.88. The average molecular weight is 349 g/mol. The second-order valence-electron chi connectivity index (χ2n) is 8.56. The Kier molecular flexibility index (Phi) is 4.34. The predicted octanol–water partition coefficient (Wildman–Crippen LogP) is 3.00. The van der Waals surface area contributed by atoms with Gasteiger partial charge < -0.3 is 14.5 Å². The van der Waals surface area contributed by atoms with Crippen LogP contribution in [0.2, 0.25) is 18.1 Å². The zero-order valence-corrected chi connectivity index (χ0v) is 16.3. The van der Waals surface area contributed by atoms with Crippen molar-refractivity contribution in [3.63, 3.8) is 0 Å². The molecule has 1 heterocycles. The molecule has 0 bridgehead atoms. The Bertz CT molecular complexity index is 731. The summed E-state index contributed by atoms with van der Waals surface area (Å²) < 4.78 is 6.18. The van der Waals surface area contributed by atoms with Crippen molar-refractivity contribution >= 4 is 14.4 Å². The minimum absolute atomic E-state index is 0.124. The molecule has 1 saturated carbocycles. The highest BCUT2D eigenvalue weighted by Crippen LogP contribution is 2.39. The van der Waals surface area contributed by atoms with Crippen LogP contribution in [-0.2, 0) is 17.5 Å². The van der Waals surface area contributed by atoms with E-state index in [4.69, 9.17) is 4.43 Å². The molecule has 0 spiro atoms. The zero-order valence-electron chi connectivity index (χ0n) is 15.3. The minimum Gasteiger partial charge on any atom is -0.409 e. The highest BCUT2D eigenvalue weighted by molar-refractivity contribution is 6.74. The van der Waals surface area contributed by atoms with Crippen LogP contribution in [0, 0.1) is 5.92 Å². The summed E-state index contributed by atoms with van der Waals surface area (Å²) in [5.74, 6) is 0.940. The molecule has 5 nitrogen and oxygen atoms in total. The molecule has 24 heavy (non-hydrogen) atoms. The van der Waals surface area contributed by atoms with Crippen LogP contribution in [0.4, 0.5) is 0 Å². The molecule has 0 radical (unpaired) electrons. The van der Waals surface area contributed by atoms with Gasteiger partial charge in [0.25, 0.3) is 5.56 Å². The summed E-state index contributed by atoms with van der Waals surface area (Å²) in [6, 6.07) is 0. The number of aliphatic hydroxyl groups is 1. The Hall–Kier alpha value is -1.24. The van der Waals surface area contributed by atoms with Crippen molar-refractivity contribution in [2.45, 2.75) is 70.9 Å². The van der Waals surface area contributed by atoms with Crippen LogP contribution in [0.15, 0.2) is 10.4 Å². The maximum atomic E-state index is 12.4. The molecular weight excluding hydrogens is 320 g/mol. The van der Waals surface area contributed by atoms with Crippen LogP contribution >= 0.6 is 0 Å².